The predicted molar refractivity (Wildman–Crippen MR) is 82.4 cm³/mol. The van der Waals surface area contributed by atoms with E-state index in [2.05, 4.69) is 4.98 Å². The molecule has 1 aromatic heterocycles. The second-order valence-electron chi connectivity index (χ2n) is 5.75. The summed E-state index contributed by atoms with van der Waals surface area (Å²) in [6, 6.07) is 11.7. The minimum Gasteiger partial charge on any atom is -0.478 e. The van der Waals surface area contributed by atoms with E-state index >= 15 is 0 Å². The minimum absolute atomic E-state index is 0.0122. The number of nitrogens with zero attached hydrogens (tertiary/aromatic N) is 1. The molecular weight excluding hydrogens is 262 g/mol. The third-order valence-corrected chi connectivity index (χ3v) is 3.64. The van der Waals surface area contributed by atoms with E-state index in [4.69, 9.17) is 4.74 Å². The van der Waals surface area contributed by atoms with Crippen molar-refractivity contribution in [2.24, 2.45) is 0 Å². The van der Waals surface area contributed by atoms with Gasteiger partial charge >= 0.3 is 0 Å². The average Bonchev–Trinajstić information content (AvgIpc) is 2.72. The molecule has 0 fully saturated rings. The van der Waals surface area contributed by atoms with Gasteiger partial charge in [0.1, 0.15) is 5.76 Å². The highest BCUT2D eigenvalue weighted by atomic mass is 16.5. The summed E-state index contributed by atoms with van der Waals surface area (Å²) in [5.41, 5.74) is 2.74. The molecule has 0 radical (unpaired) electrons. The lowest BCUT2D eigenvalue weighted by Crippen LogP contribution is -2.29. The molecule has 1 aliphatic heterocycles. The molecule has 0 spiro atoms. The van der Waals surface area contributed by atoms with Crippen LogP contribution < -0.4 is 0 Å². The number of carbonyl (C=O) groups excluding carboxylic acids is 1. The zero-order valence-corrected chi connectivity index (χ0v) is 12.4. The fourth-order valence-corrected chi connectivity index (χ4v) is 2.45. The van der Waals surface area contributed by atoms with E-state index in [0.717, 1.165) is 16.7 Å². The third-order valence-electron chi connectivity index (χ3n) is 3.64. The molecular formula is C18H17NO2. The lowest BCUT2D eigenvalue weighted by atomic mass is 9.92. The number of ketones is 1. The van der Waals surface area contributed by atoms with Crippen molar-refractivity contribution in [3.8, 4) is 0 Å². The van der Waals surface area contributed by atoms with E-state index < -0.39 is 5.60 Å². The number of aryl methyl sites for hydroxylation is 1. The highest BCUT2D eigenvalue weighted by molar-refractivity contribution is 6.32. The van der Waals surface area contributed by atoms with Gasteiger partial charge in [-0.15, -0.1) is 0 Å². The van der Waals surface area contributed by atoms with Crippen LogP contribution in [0.5, 0.6) is 0 Å². The number of aromatic nitrogens is 1. The number of benzene rings is 1. The Bertz CT molecular complexity index is 713. The number of carbonyl (C=O) groups is 1. The van der Waals surface area contributed by atoms with Gasteiger partial charge in [-0.25, -0.2) is 0 Å². The van der Waals surface area contributed by atoms with Crippen LogP contribution in [0.1, 0.15) is 30.5 Å². The van der Waals surface area contributed by atoms with E-state index in [1.54, 1.807) is 26.2 Å². The van der Waals surface area contributed by atoms with E-state index in [9.17, 15) is 4.79 Å². The van der Waals surface area contributed by atoms with Crippen LogP contribution in [-0.2, 0) is 9.53 Å². The Balaban J connectivity index is 2.19. The van der Waals surface area contributed by atoms with E-state index in [1.165, 1.54) is 0 Å². The zero-order chi connectivity index (χ0) is 15.0. The fourth-order valence-electron chi connectivity index (χ4n) is 2.45. The summed E-state index contributed by atoms with van der Waals surface area (Å²) in [7, 11) is 0. The molecule has 106 valence electrons. The SMILES string of the molecule is Cc1ccc(C2=C(c3ccncc3)OC(C)(C)C2=O)cc1. The predicted octanol–water partition coefficient (Wildman–Crippen LogP) is 3.64. The van der Waals surface area contributed by atoms with Gasteiger partial charge in [0.15, 0.2) is 5.60 Å². The van der Waals surface area contributed by atoms with Crippen LogP contribution in [0, 0.1) is 6.92 Å². The first-order valence-corrected chi connectivity index (χ1v) is 6.94. The zero-order valence-electron chi connectivity index (χ0n) is 12.4. The summed E-state index contributed by atoms with van der Waals surface area (Å²) in [6.45, 7) is 5.63. The maximum Gasteiger partial charge on any atom is 0.210 e. The van der Waals surface area contributed by atoms with Crippen molar-refractivity contribution < 1.29 is 9.53 Å². The van der Waals surface area contributed by atoms with E-state index in [1.807, 2.05) is 43.3 Å². The number of Topliss-reactive ketones (excluding diaryl/α,β-unsaturated/α-hetero) is 1. The molecule has 2 aromatic rings. The first-order valence-electron chi connectivity index (χ1n) is 6.94. The number of ether oxygens (including phenoxy) is 1. The van der Waals surface area contributed by atoms with Gasteiger partial charge in [0.2, 0.25) is 5.78 Å². The van der Waals surface area contributed by atoms with Crippen LogP contribution in [0.15, 0.2) is 48.8 Å². The molecule has 0 aliphatic carbocycles. The van der Waals surface area contributed by atoms with Crippen LogP contribution in [0.3, 0.4) is 0 Å². The van der Waals surface area contributed by atoms with Gasteiger partial charge in [-0.2, -0.15) is 0 Å². The quantitative estimate of drug-likeness (QED) is 0.842. The number of hydrogen-bond donors (Lipinski definition) is 0. The molecule has 3 nitrogen and oxygen atoms in total. The van der Waals surface area contributed by atoms with Crippen molar-refractivity contribution in [1.82, 2.24) is 4.98 Å². The molecule has 0 atom stereocenters. The van der Waals surface area contributed by atoms with Crippen LogP contribution >= 0.6 is 0 Å². The minimum atomic E-state index is -0.835. The molecule has 0 bridgehead atoms. The Morgan fingerprint density at radius 3 is 2.19 bits per heavy atom. The summed E-state index contributed by atoms with van der Waals surface area (Å²) in [4.78, 5) is 16.7. The Hall–Kier alpha value is -2.42. The van der Waals surface area contributed by atoms with E-state index in [-0.39, 0.29) is 5.78 Å². The van der Waals surface area contributed by atoms with Gasteiger partial charge < -0.3 is 4.74 Å². The second-order valence-corrected chi connectivity index (χ2v) is 5.75. The lowest BCUT2D eigenvalue weighted by molar-refractivity contribution is -0.125. The van der Waals surface area contributed by atoms with Gasteiger partial charge in [-0.1, -0.05) is 29.8 Å². The van der Waals surface area contributed by atoms with Gasteiger partial charge in [0, 0.05) is 18.0 Å². The van der Waals surface area contributed by atoms with Crippen molar-refractivity contribution in [1.29, 1.82) is 0 Å². The van der Waals surface area contributed by atoms with Crippen LogP contribution in [0.2, 0.25) is 0 Å². The molecule has 3 rings (SSSR count). The Labute approximate surface area is 124 Å². The van der Waals surface area contributed by atoms with Gasteiger partial charge in [0.25, 0.3) is 0 Å². The van der Waals surface area contributed by atoms with Crippen molar-refractivity contribution in [3.63, 3.8) is 0 Å². The summed E-state index contributed by atoms with van der Waals surface area (Å²) in [5, 5.41) is 0. The van der Waals surface area contributed by atoms with Crippen LogP contribution in [-0.4, -0.2) is 16.4 Å². The highest BCUT2D eigenvalue weighted by Gasteiger charge is 2.42. The third kappa shape index (κ3) is 2.35. The Morgan fingerprint density at radius 2 is 1.57 bits per heavy atom. The number of pyridine rings is 1. The van der Waals surface area contributed by atoms with Crippen molar-refractivity contribution >= 4 is 17.1 Å². The summed E-state index contributed by atoms with van der Waals surface area (Å²) in [5.74, 6) is 0.648. The molecule has 1 aromatic carbocycles. The molecule has 3 heteroatoms. The smallest absolute Gasteiger partial charge is 0.210 e. The molecule has 2 heterocycles. The first kappa shape index (κ1) is 13.6. The molecule has 0 amide bonds. The van der Waals surface area contributed by atoms with Crippen LogP contribution in [0.4, 0.5) is 0 Å². The van der Waals surface area contributed by atoms with Crippen molar-refractivity contribution in [2.75, 3.05) is 0 Å². The summed E-state index contributed by atoms with van der Waals surface area (Å²) < 4.78 is 5.95. The van der Waals surface area contributed by atoms with Crippen molar-refractivity contribution in [3.05, 3.63) is 65.5 Å². The Kier molecular flexibility index (Phi) is 3.13. The fraction of sp³-hybridized carbons (Fsp3) is 0.222. The largest absolute Gasteiger partial charge is 0.478 e. The molecule has 21 heavy (non-hydrogen) atoms. The molecule has 0 saturated carbocycles. The lowest BCUT2D eigenvalue weighted by Gasteiger charge is -2.17. The topological polar surface area (TPSA) is 39.2 Å². The van der Waals surface area contributed by atoms with E-state index in [0.29, 0.717) is 11.3 Å². The first-order chi connectivity index (χ1) is 9.99. The standard InChI is InChI=1S/C18H17NO2/c1-12-4-6-13(7-5-12)15-16(14-8-10-19-11-9-14)21-18(2,3)17(15)20/h4-11H,1-3H3. The monoisotopic (exact) mass is 279 g/mol. The molecule has 0 unspecified atom stereocenters. The van der Waals surface area contributed by atoms with Gasteiger partial charge in [0.05, 0.1) is 5.57 Å². The maximum absolute atomic E-state index is 12.7. The maximum atomic E-state index is 12.7. The highest BCUT2D eigenvalue weighted by Crippen LogP contribution is 2.40. The molecule has 0 saturated heterocycles. The molecule has 0 N–H and O–H groups in total. The second kappa shape index (κ2) is 4.85. The summed E-state index contributed by atoms with van der Waals surface area (Å²) in [6.07, 6.45) is 3.41. The summed E-state index contributed by atoms with van der Waals surface area (Å²) >= 11 is 0. The number of hydrogen-bond acceptors (Lipinski definition) is 3. The van der Waals surface area contributed by atoms with Crippen LogP contribution in [0.25, 0.3) is 11.3 Å². The van der Waals surface area contributed by atoms with Gasteiger partial charge in [-0.05, 0) is 38.5 Å². The average molecular weight is 279 g/mol. The Morgan fingerprint density at radius 1 is 0.952 bits per heavy atom. The normalized spacial score (nSPS) is 17.0. The molecule has 1 aliphatic rings. The van der Waals surface area contributed by atoms with Gasteiger partial charge in [-0.3, -0.25) is 9.78 Å². The number of rotatable bonds is 2. The van der Waals surface area contributed by atoms with Crippen molar-refractivity contribution in [2.45, 2.75) is 26.4 Å².